The molecular formula is C19H15BrO3. The second kappa shape index (κ2) is 7.29. The molecule has 1 unspecified atom stereocenters. The first-order chi connectivity index (χ1) is 11.3. The number of ether oxygens (including phenoxy) is 1. The average Bonchev–Trinajstić information content (AvgIpc) is 3.15. The molecule has 0 aliphatic rings. The van der Waals surface area contributed by atoms with Crippen LogP contribution in [0, 0.1) is 0 Å². The fourth-order valence-corrected chi connectivity index (χ4v) is 2.68. The molecule has 1 aromatic heterocycles. The van der Waals surface area contributed by atoms with E-state index in [1.54, 1.807) is 12.1 Å². The van der Waals surface area contributed by atoms with Crippen molar-refractivity contribution in [1.82, 2.24) is 0 Å². The number of hydrogen-bond acceptors (Lipinski definition) is 3. The minimum Gasteiger partial charge on any atom is -0.468 e. The van der Waals surface area contributed by atoms with Gasteiger partial charge in [-0.3, -0.25) is 4.79 Å². The zero-order valence-electron chi connectivity index (χ0n) is 12.3. The second-order valence-electron chi connectivity index (χ2n) is 5.02. The molecule has 4 heteroatoms. The number of alkyl halides is 1. The van der Waals surface area contributed by atoms with Crippen LogP contribution in [0.15, 0.2) is 83.5 Å². The highest BCUT2D eigenvalue weighted by atomic mass is 79.9. The van der Waals surface area contributed by atoms with Gasteiger partial charge in [-0.2, -0.15) is 0 Å². The van der Waals surface area contributed by atoms with Crippen molar-refractivity contribution in [2.24, 2.45) is 0 Å². The van der Waals surface area contributed by atoms with Crippen LogP contribution in [0.3, 0.4) is 0 Å². The number of carbonyl (C=O) groups is 1. The summed E-state index contributed by atoms with van der Waals surface area (Å²) in [6.07, 6.45) is 1.07. The summed E-state index contributed by atoms with van der Waals surface area (Å²) in [5.74, 6) is 0.132. The minimum atomic E-state index is -0.632. The Kier molecular flexibility index (Phi) is 4.93. The van der Waals surface area contributed by atoms with Gasteiger partial charge in [-0.05, 0) is 23.3 Å². The summed E-state index contributed by atoms with van der Waals surface area (Å²) >= 11 is 3.34. The molecule has 0 N–H and O–H groups in total. The van der Waals surface area contributed by atoms with E-state index in [1.807, 2.05) is 60.7 Å². The monoisotopic (exact) mass is 370 g/mol. The molecule has 0 fully saturated rings. The van der Waals surface area contributed by atoms with E-state index in [0.717, 1.165) is 11.1 Å². The van der Waals surface area contributed by atoms with Gasteiger partial charge in [0.25, 0.3) is 0 Å². The molecule has 23 heavy (non-hydrogen) atoms. The lowest BCUT2D eigenvalue weighted by atomic mass is 10.0. The van der Waals surface area contributed by atoms with Crippen molar-refractivity contribution in [1.29, 1.82) is 0 Å². The molecule has 2 aromatic carbocycles. The molecule has 3 nitrogen and oxygen atoms in total. The molecule has 1 atom stereocenters. The van der Waals surface area contributed by atoms with E-state index >= 15 is 0 Å². The molecule has 3 rings (SSSR count). The van der Waals surface area contributed by atoms with Crippen LogP contribution in [0.4, 0.5) is 0 Å². The van der Waals surface area contributed by atoms with E-state index in [0.29, 0.717) is 5.76 Å². The van der Waals surface area contributed by atoms with Gasteiger partial charge in [0.15, 0.2) is 10.9 Å². The number of rotatable bonds is 5. The van der Waals surface area contributed by atoms with E-state index in [1.165, 1.54) is 6.26 Å². The quantitative estimate of drug-likeness (QED) is 0.466. The third kappa shape index (κ3) is 3.71. The molecule has 0 aliphatic carbocycles. The largest absolute Gasteiger partial charge is 0.468 e. The van der Waals surface area contributed by atoms with Crippen LogP contribution in [0.2, 0.25) is 0 Å². The van der Waals surface area contributed by atoms with Gasteiger partial charge in [0.05, 0.1) is 6.26 Å². The molecule has 0 bridgehead atoms. The summed E-state index contributed by atoms with van der Waals surface area (Å²) in [6.45, 7) is 0. The van der Waals surface area contributed by atoms with E-state index < -0.39 is 16.9 Å². The molecule has 0 radical (unpaired) electrons. The summed E-state index contributed by atoms with van der Waals surface area (Å²) < 4.78 is 11.0. The van der Waals surface area contributed by atoms with Crippen LogP contribution in [0.5, 0.6) is 0 Å². The van der Waals surface area contributed by atoms with Crippen molar-refractivity contribution in [3.05, 3.63) is 95.9 Å². The average molecular weight is 371 g/mol. The van der Waals surface area contributed by atoms with Gasteiger partial charge in [0.2, 0.25) is 0 Å². The first kappa shape index (κ1) is 15.6. The Balaban J connectivity index is 1.86. The fourth-order valence-electron chi connectivity index (χ4n) is 2.31. The number of esters is 1. The first-order valence-corrected chi connectivity index (χ1v) is 8.15. The summed E-state index contributed by atoms with van der Waals surface area (Å²) in [7, 11) is 0. The van der Waals surface area contributed by atoms with Gasteiger partial charge in [-0.15, -0.1) is 0 Å². The Bertz CT molecular complexity index is 699. The predicted octanol–water partition coefficient (Wildman–Crippen LogP) is 5.05. The molecule has 0 aliphatic heterocycles. The highest BCUT2D eigenvalue weighted by Gasteiger charge is 2.26. The zero-order valence-corrected chi connectivity index (χ0v) is 13.8. The van der Waals surface area contributed by atoms with Crippen LogP contribution in [0.1, 0.15) is 27.8 Å². The summed E-state index contributed by atoms with van der Waals surface area (Å²) in [5, 5.41) is 0. The Labute approximate surface area is 143 Å². The molecule has 1 heterocycles. The van der Waals surface area contributed by atoms with Crippen molar-refractivity contribution in [2.75, 3.05) is 0 Å². The number of carbonyl (C=O) groups excluding carboxylic acids is 1. The third-order valence-electron chi connectivity index (χ3n) is 3.44. The summed E-state index contributed by atoms with van der Waals surface area (Å²) in [6, 6.07) is 22.8. The molecule has 0 spiro atoms. The van der Waals surface area contributed by atoms with Crippen molar-refractivity contribution >= 4 is 21.9 Å². The van der Waals surface area contributed by atoms with Crippen LogP contribution in [0.25, 0.3) is 0 Å². The van der Waals surface area contributed by atoms with Gasteiger partial charge in [0, 0.05) is 0 Å². The van der Waals surface area contributed by atoms with E-state index in [4.69, 9.17) is 9.15 Å². The van der Waals surface area contributed by atoms with Crippen molar-refractivity contribution in [3.63, 3.8) is 0 Å². The predicted molar refractivity (Wildman–Crippen MR) is 91.2 cm³/mol. The maximum atomic E-state index is 12.5. The number of halogens is 1. The van der Waals surface area contributed by atoms with Crippen LogP contribution in [-0.2, 0) is 9.53 Å². The SMILES string of the molecule is O=C(OC(c1ccccc1)c1ccccc1)C(Br)c1ccco1. The molecule has 0 saturated carbocycles. The number of benzene rings is 2. The van der Waals surface area contributed by atoms with E-state index in [9.17, 15) is 4.79 Å². The molecule has 0 saturated heterocycles. The number of furan rings is 1. The van der Waals surface area contributed by atoms with Crippen molar-refractivity contribution in [3.8, 4) is 0 Å². The lowest BCUT2D eigenvalue weighted by Gasteiger charge is -2.20. The van der Waals surface area contributed by atoms with Gasteiger partial charge in [-0.25, -0.2) is 0 Å². The standard InChI is InChI=1S/C19H15BrO3/c20-17(16-12-7-13-22-16)19(21)23-18(14-8-3-1-4-9-14)15-10-5-2-6-11-15/h1-13,17-18H. The van der Waals surface area contributed by atoms with Crippen LogP contribution in [-0.4, -0.2) is 5.97 Å². The lowest BCUT2D eigenvalue weighted by molar-refractivity contribution is -0.147. The molecule has 3 aromatic rings. The summed E-state index contributed by atoms with van der Waals surface area (Å²) in [4.78, 5) is 11.8. The van der Waals surface area contributed by atoms with Gasteiger partial charge < -0.3 is 9.15 Å². The Morgan fingerprint density at radius 2 is 1.43 bits per heavy atom. The maximum Gasteiger partial charge on any atom is 0.328 e. The fraction of sp³-hybridized carbons (Fsp3) is 0.105. The second-order valence-corrected chi connectivity index (χ2v) is 5.93. The van der Waals surface area contributed by atoms with Crippen LogP contribution >= 0.6 is 15.9 Å². The minimum absolute atomic E-state index is 0.391. The Hall–Kier alpha value is -2.33. The highest BCUT2D eigenvalue weighted by Crippen LogP contribution is 2.31. The maximum absolute atomic E-state index is 12.5. The van der Waals surface area contributed by atoms with E-state index in [-0.39, 0.29) is 0 Å². The van der Waals surface area contributed by atoms with E-state index in [2.05, 4.69) is 15.9 Å². The molecular weight excluding hydrogens is 356 g/mol. The lowest BCUT2D eigenvalue weighted by Crippen LogP contribution is -2.16. The molecule has 116 valence electrons. The zero-order chi connectivity index (χ0) is 16.1. The topological polar surface area (TPSA) is 39.4 Å². The van der Waals surface area contributed by atoms with Gasteiger partial charge in [0.1, 0.15) is 5.76 Å². The Morgan fingerprint density at radius 3 is 1.91 bits per heavy atom. The van der Waals surface area contributed by atoms with Crippen molar-refractivity contribution < 1.29 is 13.9 Å². The smallest absolute Gasteiger partial charge is 0.328 e. The highest BCUT2D eigenvalue weighted by molar-refractivity contribution is 9.09. The van der Waals surface area contributed by atoms with Crippen LogP contribution < -0.4 is 0 Å². The first-order valence-electron chi connectivity index (χ1n) is 7.23. The molecule has 0 amide bonds. The third-order valence-corrected chi connectivity index (χ3v) is 4.26. The Morgan fingerprint density at radius 1 is 0.870 bits per heavy atom. The van der Waals surface area contributed by atoms with Gasteiger partial charge in [-0.1, -0.05) is 76.6 Å². The summed E-state index contributed by atoms with van der Waals surface area (Å²) in [5.41, 5.74) is 1.84. The van der Waals surface area contributed by atoms with Crippen molar-refractivity contribution in [2.45, 2.75) is 10.9 Å². The van der Waals surface area contributed by atoms with Gasteiger partial charge >= 0.3 is 5.97 Å². The normalized spacial score (nSPS) is 12.1. The number of hydrogen-bond donors (Lipinski definition) is 0.